The Bertz CT molecular complexity index is 1140. The Morgan fingerprint density at radius 2 is 1.69 bits per heavy atom. The number of nitrogens with zero attached hydrogens (tertiary/aromatic N) is 2. The maximum absolute atomic E-state index is 12.7. The molecule has 0 saturated carbocycles. The lowest BCUT2D eigenvalue weighted by Crippen LogP contribution is -2.26. The predicted molar refractivity (Wildman–Crippen MR) is 113 cm³/mol. The number of carboxylic acids is 1. The average molecular weight is 435 g/mol. The van der Waals surface area contributed by atoms with Gasteiger partial charge in [-0.25, -0.2) is 9.36 Å². The summed E-state index contributed by atoms with van der Waals surface area (Å²) in [6.45, 7) is 3.33. The Morgan fingerprint density at radius 3 is 2.24 bits per heavy atom. The third-order valence-corrected chi connectivity index (χ3v) is 5.59. The van der Waals surface area contributed by atoms with Crippen molar-refractivity contribution in [1.29, 1.82) is 0 Å². The van der Waals surface area contributed by atoms with Crippen molar-refractivity contribution in [3.05, 3.63) is 68.6 Å². The largest absolute Gasteiger partial charge is 0.493 e. The molecular formula is C21H20Cl2N2O4. The smallest absolute Gasteiger partial charge is 0.335 e. The van der Waals surface area contributed by atoms with Crippen LogP contribution in [0.2, 0.25) is 10.0 Å². The zero-order valence-electron chi connectivity index (χ0n) is 16.1. The lowest BCUT2D eigenvalue weighted by Gasteiger charge is -2.19. The molecule has 29 heavy (non-hydrogen) atoms. The van der Waals surface area contributed by atoms with E-state index in [0.717, 1.165) is 10.1 Å². The third-order valence-electron chi connectivity index (χ3n) is 4.85. The molecule has 0 spiro atoms. The van der Waals surface area contributed by atoms with E-state index in [1.807, 2.05) is 0 Å². The van der Waals surface area contributed by atoms with Gasteiger partial charge in [0.1, 0.15) is 5.69 Å². The van der Waals surface area contributed by atoms with Gasteiger partial charge in [0, 0.05) is 12.6 Å². The summed E-state index contributed by atoms with van der Waals surface area (Å²) in [4.78, 5) is 24.1. The van der Waals surface area contributed by atoms with Crippen LogP contribution in [0.15, 0.2) is 47.3 Å². The van der Waals surface area contributed by atoms with Crippen molar-refractivity contribution >= 4 is 29.2 Å². The van der Waals surface area contributed by atoms with Gasteiger partial charge in [-0.1, -0.05) is 47.5 Å². The summed E-state index contributed by atoms with van der Waals surface area (Å²) in [7, 11) is 1.56. The van der Waals surface area contributed by atoms with Gasteiger partial charge in [-0.3, -0.25) is 9.36 Å². The number of hydrogen-bond donors (Lipinski definition) is 2. The monoisotopic (exact) mass is 434 g/mol. The van der Waals surface area contributed by atoms with E-state index in [4.69, 9.17) is 23.2 Å². The number of halogens is 2. The van der Waals surface area contributed by atoms with E-state index in [9.17, 15) is 19.8 Å². The fraction of sp³-hybridized carbons (Fsp3) is 0.238. The molecule has 0 aliphatic carbocycles. The predicted octanol–water partition coefficient (Wildman–Crippen LogP) is 4.51. The van der Waals surface area contributed by atoms with Crippen molar-refractivity contribution < 1.29 is 15.0 Å². The molecule has 0 unspecified atom stereocenters. The summed E-state index contributed by atoms with van der Waals surface area (Å²) in [5.74, 6) is -1.10. The number of aliphatic carboxylic acids is 1. The van der Waals surface area contributed by atoms with Gasteiger partial charge in [0.15, 0.2) is 0 Å². The minimum Gasteiger partial charge on any atom is -0.493 e. The van der Waals surface area contributed by atoms with Crippen molar-refractivity contribution in [2.75, 3.05) is 0 Å². The summed E-state index contributed by atoms with van der Waals surface area (Å²) in [6.07, 6.45) is 0.359. The summed E-state index contributed by atoms with van der Waals surface area (Å²) in [5, 5.41) is 20.7. The number of aromatic nitrogens is 2. The minimum absolute atomic E-state index is 0.227. The molecule has 2 aromatic carbocycles. The van der Waals surface area contributed by atoms with Crippen molar-refractivity contribution in [3.63, 3.8) is 0 Å². The molecule has 0 aliphatic rings. The first-order valence-corrected chi connectivity index (χ1v) is 9.57. The SMILES string of the molecule is Cn1c(-c2ccc(CC(C)(C)C(=O)O)cc2)c(O)n(-c2ccc(Cl)c(Cl)c2)c1=O. The van der Waals surface area contributed by atoms with Crippen LogP contribution in [0.4, 0.5) is 0 Å². The first-order valence-electron chi connectivity index (χ1n) is 8.82. The highest BCUT2D eigenvalue weighted by atomic mass is 35.5. The van der Waals surface area contributed by atoms with Crippen LogP contribution >= 0.6 is 23.2 Å². The third kappa shape index (κ3) is 3.91. The van der Waals surface area contributed by atoms with Gasteiger partial charge in [-0.2, -0.15) is 0 Å². The second-order valence-corrected chi connectivity index (χ2v) is 8.32. The van der Waals surface area contributed by atoms with Crippen LogP contribution < -0.4 is 5.69 Å². The molecule has 0 aliphatic heterocycles. The van der Waals surface area contributed by atoms with Crippen LogP contribution in [-0.4, -0.2) is 25.3 Å². The molecule has 0 bridgehead atoms. The Labute approximate surface area is 177 Å². The van der Waals surface area contributed by atoms with Crippen LogP contribution in [-0.2, 0) is 18.3 Å². The molecule has 152 valence electrons. The van der Waals surface area contributed by atoms with Crippen LogP contribution in [0.5, 0.6) is 5.88 Å². The Morgan fingerprint density at radius 1 is 1.07 bits per heavy atom. The Kier molecular flexibility index (Phi) is 5.52. The Hall–Kier alpha value is -2.70. The van der Waals surface area contributed by atoms with E-state index >= 15 is 0 Å². The maximum atomic E-state index is 12.7. The van der Waals surface area contributed by atoms with E-state index in [1.165, 1.54) is 10.6 Å². The first kappa shape index (κ1) is 21.0. The van der Waals surface area contributed by atoms with E-state index < -0.39 is 17.1 Å². The topological polar surface area (TPSA) is 84.5 Å². The number of carbonyl (C=O) groups is 1. The molecule has 1 heterocycles. The summed E-state index contributed by atoms with van der Waals surface area (Å²) in [5.41, 5.74) is 0.862. The van der Waals surface area contributed by atoms with Gasteiger partial charge in [0.05, 0.1) is 21.1 Å². The number of hydrogen-bond acceptors (Lipinski definition) is 3. The molecule has 0 saturated heterocycles. The highest BCUT2D eigenvalue weighted by Gasteiger charge is 2.27. The van der Waals surface area contributed by atoms with Gasteiger partial charge in [0.25, 0.3) is 0 Å². The standard InChI is InChI=1S/C21H20Cl2N2O4/c1-21(2,19(27)28)11-12-4-6-13(7-5-12)17-18(26)25(20(29)24(17)3)14-8-9-15(22)16(23)10-14/h4-10,26H,11H2,1-3H3,(H,27,28). The maximum Gasteiger partial charge on any atom is 0.335 e. The molecular weight excluding hydrogens is 415 g/mol. The quantitative estimate of drug-likeness (QED) is 0.618. The molecule has 2 N–H and O–H groups in total. The second-order valence-electron chi connectivity index (χ2n) is 7.51. The second kappa shape index (κ2) is 7.61. The fourth-order valence-electron chi connectivity index (χ4n) is 3.14. The van der Waals surface area contributed by atoms with Gasteiger partial charge < -0.3 is 10.2 Å². The number of benzene rings is 2. The highest BCUT2D eigenvalue weighted by molar-refractivity contribution is 6.42. The van der Waals surface area contributed by atoms with Gasteiger partial charge in [-0.15, -0.1) is 0 Å². The molecule has 0 atom stereocenters. The average Bonchev–Trinajstić information content (AvgIpc) is 2.87. The summed E-state index contributed by atoms with van der Waals surface area (Å²) in [6, 6.07) is 11.7. The normalized spacial score (nSPS) is 11.6. The van der Waals surface area contributed by atoms with Crippen LogP contribution in [0, 0.1) is 5.41 Å². The van der Waals surface area contributed by atoms with Crippen molar-refractivity contribution in [2.45, 2.75) is 20.3 Å². The number of aromatic hydroxyl groups is 1. The zero-order chi connectivity index (χ0) is 21.5. The van der Waals surface area contributed by atoms with Gasteiger partial charge in [-0.05, 0) is 44.0 Å². The lowest BCUT2D eigenvalue weighted by molar-refractivity contribution is -0.146. The van der Waals surface area contributed by atoms with Gasteiger partial charge in [0.2, 0.25) is 5.88 Å². The molecule has 0 radical (unpaired) electrons. The minimum atomic E-state index is -0.895. The van der Waals surface area contributed by atoms with Crippen LogP contribution in [0.3, 0.4) is 0 Å². The first-order chi connectivity index (χ1) is 13.5. The van der Waals surface area contributed by atoms with E-state index in [0.29, 0.717) is 28.4 Å². The van der Waals surface area contributed by atoms with Crippen molar-refractivity contribution in [3.8, 4) is 22.8 Å². The van der Waals surface area contributed by atoms with Crippen LogP contribution in [0.25, 0.3) is 16.9 Å². The molecule has 6 nitrogen and oxygen atoms in total. The number of imidazole rings is 1. The Balaban J connectivity index is 2.03. The molecule has 8 heteroatoms. The molecule has 3 rings (SSSR count). The highest BCUT2D eigenvalue weighted by Crippen LogP contribution is 2.32. The molecule has 0 fully saturated rings. The van der Waals surface area contributed by atoms with Gasteiger partial charge >= 0.3 is 11.7 Å². The lowest BCUT2D eigenvalue weighted by atomic mass is 9.86. The van der Waals surface area contributed by atoms with Crippen molar-refractivity contribution in [2.24, 2.45) is 12.5 Å². The molecule has 1 aromatic heterocycles. The number of rotatable bonds is 5. The zero-order valence-corrected chi connectivity index (χ0v) is 17.6. The van der Waals surface area contributed by atoms with E-state index in [1.54, 1.807) is 57.3 Å². The molecule has 3 aromatic rings. The van der Waals surface area contributed by atoms with Crippen molar-refractivity contribution in [1.82, 2.24) is 9.13 Å². The molecule has 0 amide bonds. The summed E-state index contributed by atoms with van der Waals surface area (Å²) < 4.78 is 2.49. The van der Waals surface area contributed by atoms with Crippen LogP contribution in [0.1, 0.15) is 19.4 Å². The fourth-order valence-corrected chi connectivity index (χ4v) is 3.43. The van der Waals surface area contributed by atoms with E-state index in [-0.39, 0.29) is 10.9 Å². The number of carboxylic acid groups (broad SMARTS) is 1. The van der Waals surface area contributed by atoms with E-state index in [2.05, 4.69) is 0 Å². The summed E-state index contributed by atoms with van der Waals surface area (Å²) >= 11 is 12.0.